The molecule has 23 heavy (non-hydrogen) atoms. The number of hydrogen-bond acceptors (Lipinski definition) is 5. The van der Waals surface area contributed by atoms with Crippen LogP contribution in [-0.4, -0.2) is 28.2 Å². The van der Waals surface area contributed by atoms with E-state index in [1.165, 1.54) is 11.3 Å². The molecule has 0 aliphatic rings. The number of carbonyl (C=O) groups is 2. The van der Waals surface area contributed by atoms with E-state index in [2.05, 4.69) is 4.98 Å². The number of aryl methyl sites for hydroxylation is 1. The van der Waals surface area contributed by atoms with E-state index >= 15 is 0 Å². The molecular weight excluding hydrogens is 312 g/mol. The molecular formula is C17H16N2O3S. The van der Waals surface area contributed by atoms with Crippen molar-refractivity contribution in [1.82, 2.24) is 9.38 Å². The summed E-state index contributed by atoms with van der Waals surface area (Å²) in [5, 5.41) is 0. The number of fused-ring (bicyclic) bond motifs is 1. The SMILES string of the molecule is CCOC(=O)Cc1cn2c(C=O)c(-c3ccc(C)cc3)nc2s1. The lowest BCUT2D eigenvalue weighted by atomic mass is 10.1. The van der Waals surface area contributed by atoms with Gasteiger partial charge in [-0.25, -0.2) is 4.98 Å². The molecule has 5 nitrogen and oxygen atoms in total. The van der Waals surface area contributed by atoms with Gasteiger partial charge in [-0.2, -0.15) is 0 Å². The first-order valence-electron chi connectivity index (χ1n) is 7.31. The topological polar surface area (TPSA) is 60.7 Å². The van der Waals surface area contributed by atoms with E-state index in [0.717, 1.165) is 22.3 Å². The summed E-state index contributed by atoms with van der Waals surface area (Å²) < 4.78 is 6.69. The van der Waals surface area contributed by atoms with Crippen LogP contribution in [0.15, 0.2) is 30.5 Å². The second-order valence-corrected chi connectivity index (χ2v) is 6.26. The van der Waals surface area contributed by atoms with Crippen LogP contribution in [0.5, 0.6) is 0 Å². The van der Waals surface area contributed by atoms with Gasteiger partial charge in [0.25, 0.3) is 0 Å². The van der Waals surface area contributed by atoms with Crippen molar-refractivity contribution in [2.24, 2.45) is 0 Å². The van der Waals surface area contributed by atoms with Crippen molar-refractivity contribution in [3.8, 4) is 11.3 Å². The minimum Gasteiger partial charge on any atom is -0.466 e. The molecule has 3 aromatic rings. The van der Waals surface area contributed by atoms with Crippen molar-refractivity contribution >= 4 is 28.6 Å². The highest BCUT2D eigenvalue weighted by molar-refractivity contribution is 7.17. The Kier molecular flexibility index (Phi) is 4.25. The third kappa shape index (κ3) is 3.03. The van der Waals surface area contributed by atoms with E-state index in [0.29, 0.717) is 23.0 Å². The van der Waals surface area contributed by atoms with Gasteiger partial charge >= 0.3 is 5.97 Å². The Morgan fingerprint density at radius 2 is 2.09 bits per heavy atom. The summed E-state index contributed by atoms with van der Waals surface area (Å²) in [7, 11) is 0. The van der Waals surface area contributed by atoms with Crippen LogP contribution in [0.1, 0.15) is 27.9 Å². The van der Waals surface area contributed by atoms with E-state index in [1.54, 1.807) is 17.5 Å². The number of nitrogens with zero attached hydrogens (tertiary/aromatic N) is 2. The summed E-state index contributed by atoms with van der Waals surface area (Å²) >= 11 is 1.39. The summed E-state index contributed by atoms with van der Waals surface area (Å²) in [4.78, 5) is 29.2. The number of ether oxygens (including phenoxy) is 1. The Morgan fingerprint density at radius 3 is 2.74 bits per heavy atom. The second-order valence-electron chi connectivity index (χ2n) is 5.16. The predicted molar refractivity (Wildman–Crippen MR) is 89.0 cm³/mol. The lowest BCUT2D eigenvalue weighted by Crippen LogP contribution is -2.06. The average molecular weight is 328 g/mol. The van der Waals surface area contributed by atoms with Crippen LogP contribution in [0.25, 0.3) is 16.2 Å². The van der Waals surface area contributed by atoms with Gasteiger partial charge in [0.15, 0.2) is 11.2 Å². The minimum atomic E-state index is -0.275. The van der Waals surface area contributed by atoms with Crippen molar-refractivity contribution in [1.29, 1.82) is 0 Å². The molecule has 0 atom stereocenters. The molecule has 0 bridgehead atoms. The molecule has 0 unspecified atom stereocenters. The highest BCUT2D eigenvalue weighted by Gasteiger charge is 2.17. The number of rotatable bonds is 5. The second kappa shape index (κ2) is 6.34. The Morgan fingerprint density at radius 1 is 1.35 bits per heavy atom. The highest BCUT2D eigenvalue weighted by atomic mass is 32.1. The molecule has 0 aliphatic heterocycles. The molecule has 0 spiro atoms. The van der Waals surface area contributed by atoms with Crippen LogP contribution in [0.4, 0.5) is 0 Å². The first-order valence-corrected chi connectivity index (χ1v) is 8.12. The summed E-state index contributed by atoms with van der Waals surface area (Å²) in [6.45, 7) is 4.15. The van der Waals surface area contributed by atoms with E-state index in [4.69, 9.17) is 4.74 Å². The molecule has 0 N–H and O–H groups in total. The van der Waals surface area contributed by atoms with Crippen LogP contribution >= 0.6 is 11.3 Å². The zero-order valence-electron chi connectivity index (χ0n) is 12.9. The van der Waals surface area contributed by atoms with Crippen molar-refractivity contribution in [3.63, 3.8) is 0 Å². The quantitative estimate of drug-likeness (QED) is 0.533. The third-order valence-corrected chi connectivity index (χ3v) is 4.45. The van der Waals surface area contributed by atoms with Crippen LogP contribution in [0.2, 0.25) is 0 Å². The first-order chi connectivity index (χ1) is 11.1. The number of benzene rings is 1. The summed E-state index contributed by atoms with van der Waals surface area (Å²) in [5.41, 5.74) is 3.21. The lowest BCUT2D eigenvalue weighted by molar-refractivity contribution is -0.142. The van der Waals surface area contributed by atoms with Gasteiger partial charge in [0, 0.05) is 16.6 Å². The number of carbonyl (C=O) groups excluding carboxylic acids is 2. The van der Waals surface area contributed by atoms with Crippen LogP contribution in [0, 0.1) is 6.92 Å². The number of imidazole rings is 1. The Labute approximate surface area is 137 Å². The molecule has 0 aliphatic carbocycles. The van der Waals surface area contributed by atoms with E-state index in [1.807, 2.05) is 31.2 Å². The maximum atomic E-state index is 11.6. The first kappa shape index (κ1) is 15.4. The molecule has 3 rings (SSSR count). The van der Waals surface area contributed by atoms with Gasteiger partial charge in [-0.3, -0.25) is 14.0 Å². The average Bonchev–Trinajstić information content (AvgIpc) is 3.04. The van der Waals surface area contributed by atoms with Gasteiger partial charge in [0.2, 0.25) is 0 Å². The standard InChI is InChI=1S/C17H16N2O3S/c1-3-22-15(21)8-13-9-19-14(10-20)16(18-17(19)23-13)12-6-4-11(2)5-7-12/h4-7,9-10H,3,8H2,1-2H3. The van der Waals surface area contributed by atoms with Gasteiger partial charge in [0.05, 0.1) is 13.0 Å². The summed E-state index contributed by atoms with van der Waals surface area (Å²) in [5.74, 6) is -0.275. The monoisotopic (exact) mass is 328 g/mol. The Balaban J connectivity index is 1.99. The molecule has 0 amide bonds. The van der Waals surface area contributed by atoms with Gasteiger partial charge < -0.3 is 4.74 Å². The number of hydrogen-bond donors (Lipinski definition) is 0. The molecule has 6 heteroatoms. The van der Waals surface area contributed by atoms with Crippen molar-refractivity contribution in [2.75, 3.05) is 6.61 Å². The molecule has 118 valence electrons. The predicted octanol–water partition coefficient (Wildman–Crippen LogP) is 3.29. The number of aromatic nitrogens is 2. The third-order valence-electron chi connectivity index (χ3n) is 3.47. The van der Waals surface area contributed by atoms with E-state index in [-0.39, 0.29) is 12.4 Å². The fourth-order valence-electron chi connectivity index (χ4n) is 2.38. The van der Waals surface area contributed by atoms with Crippen LogP contribution in [0.3, 0.4) is 0 Å². The van der Waals surface area contributed by atoms with E-state index < -0.39 is 0 Å². The van der Waals surface area contributed by atoms with Gasteiger partial charge in [0.1, 0.15) is 11.4 Å². The normalized spacial score (nSPS) is 10.9. The maximum absolute atomic E-state index is 11.6. The summed E-state index contributed by atoms with van der Waals surface area (Å²) in [6.07, 6.45) is 2.78. The maximum Gasteiger partial charge on any atom is 0.311 e. The summed E-state index contributed by atoms with van der Waals surface area (Å²) in [6, 6.07) is 7.88. The molecule has 0 fully saturated rings. The van der Waals surface area contributed by atoms with Crippen molar-refractivity contribution < 1.29 is 14.3 Å². The lowest BCUT2D eigenvalue weighted by Gasteiger charge is -2.00. The molecule has 0 saturated heterocycles. The Hall–Kier alpha value is -2.47. The van der Waals surface area contributed by atoms with Crippen molar-refractivity contribution in [2.45, 2.75) is 20.3 Å². The fourth-order valence-corrected chi connectivity index (χ4v) is 3.35. The molecule has 0 saturated carbocycles. The van der Waals surface area contributed by atoms with Gasteiger partial charge in [-0.1, -0.05) is 29.8 Å². The largest absolute Gasteiger partial charge is 0.466 e. The molecule has 2 heterocycles. The minimum absolute atomic E-state index is 0.194. The zero-order valence-corrected chi connectivity index (χ0v) is 13.7. The van der Waals surface area contributed by atoms with E-state index in [9.17, 15) is 9.59 Å². The fraction of sp³-hybridized carbons (Fsp3) is 0.235. The van der Waals surface area contributed by atoms with Crippen molar-refractivity contribution in [3.05, 3.63) is 46.6 Å². The highest BCUT2D eigenvalue weighted by Crippen LogP contribution is 2.28. The smallest absolute Gasteiger partial charge is 0.311 e. The number of thiazole rings is 1. The molecule has 0 radical (unpaired) electrons. The Bertz CT molecular complexity index is 862. The number of aldehydes is 1. The number of esters is 1. The van der Waals surface area contributed by atoms with Crippen LogP contribution in [-0.2, 0) is 16.0 Å². The van der Waals surface area contributed by atoms with Crippen LogP contribution < -0.4 is 0 Å². The molecule has 2 aromatic heterocycles. The zero-order chi connectivity index (χ0) is 16.4. The van der Waals surface area contributed by atoms with Gasteiger partial charge in [-0.15, -0.1) is 11.3 Å². The molecule has 1 aromatic carbocycles. The van der Waals surface area contributed by atoms with Gasteiger partial charge in [-0.05, 0) is 13.8 Å².